The van der Waals surface area contributed by atoms with Gasteiger partial charge < -0.3 is 39.2 Å². The van der Waals surface area contributed by atoms with Crippen molar-refractivity contribution >= 4 is 29.7 Å². The van der Waals surface area contributed by atoms with Crippen LogP contribution in [0.1, 0.15) is 92.4 Å². The van der Waals surface area contributed by atoms with Crippen LogP contribution in [0.15, 0.2) is 41.5 Å². The van der Waals surface area contributed by atoms with Crippen LogP contribution in [0.2, 0.25) is 0 Å². The van der Waals surface area contributed by atoms with Crippen molar-refractivity contribution in [3.05, 3.63) is 47.0 Å². The molecule has 1 aromatic rings. The quantitative estimate of drug-likeness (QED) is 0.202. The third-order valence-electron chi connectivity index (χ3n) is 13.1. The molecule has 2 unspecified atom stereocenters. The average molecular weight is 728 g/mol. The molecule has 1 aliphatic heterocycles. The molecule has 3 fully saturated rings. The second kappa shape index (κ2) is 13.0. The lowest BCUT2D eigenvalue weighted by atomic mass is 9.44. The molecule has 1 heterocycles. The fourth-order valence-electron chi connectivity index (χ4n) is 8.97. The maximum absolute atomic E-state index is 15.2. The highest BCUT2D eigenvalue weighted by Gasteiger charge is 2.78. The van der Waals surface area contributed by atoms with Crippen LogP contribution < -0.4 is 5.32 Å². The normalized spacial score (nSPS) is 35.4. The van der Waals surface area contributed by atoms with Gasteiger partial charge in [0.15, 0.2) is 11.4 Å². The van der Waals surface area contributed by atoms with Crippen LogP contribution in [0.25, 0.3) is 0 Å². The molecule has 13 heteroatoms. The topological polar surface area (TPSA) is 184 Å². The smallest absolute Gasteiger partial charge is 0.338 e. The molecule has 9 atom stereocenters. The number of aliphatic hydroxyl groups is 2. The molecule has 0 spiro atoms. The van der Waals surface area contributed by atoms with Gasteiger partial charge in [0.25, 0.3) is 0 Å². The molecule has 0 amide bonds. The molecule has 286 valence electrons. The number of carbonyl (C=O) groups excluding carboxylic acids is 5. The molecule has 1 aromatic carbocycles. The lowest BCUT2D eigenvalue weighted by Crippen LogP contribution is -2.82. The third-order valence-corrected chi connectivity index (χ3v) is 13.1. The summed E-state index contributed by atoms with van der Waals surface area (Å²) in [5.41, 5.74) is -8.61. The summed E-state index contributed by atoms with van der Waals surface area (Å²) >= 11 is 0. The predicted molar refractivity (Wildman–Crippen MR) is 186 cm³/mol. The van der Waals surface area contributed by atoms with Crippen molar-refractivity contribution < 1.29 is 57.9 Å². The number of hydrogen-bond donors (Lipinski definition) is 3. The largest absolute Gasteiger partial charge is 0.461 e. The molecular formula is C39H53NO12. The van der Waals surface area contributed by atoms with Gasteiger partial charge in [-0.1, -0.05) is 32.0 Å². The number of esters is 4. The molecule has 5 rings (SSSR count). The zero-order valence-electron chi connectivity index (χ0n) is 31.9. The van der Waals surface area contributed by atoms with E-state index in [0.717, 1.165) is 0 Å². The summed E-state index contributed by atoms with van der Waals surface area (Å²) in [4.78, 5) is 68.8. The summed E-state index contributed by atoms with van der Waals surface area (Å²) in [6, 6.07) is 8.05. The van der Waals surface area contributed by atoms with Crippen LogP contribution in [-0.4, -0.2) is 101 Å². The molecular weight excluding hydrogens is 674 g/mol. The van der Waals surface area contributed by atoms with Crippen LogP contribution in [0.3, 0.4) is 0 Å². The molecule has 52 heavy (non-hydrogen) atoms. The highest BCUT2D eigenvalue weighted by atomic mass is 16.6. The second-order valence-electron chi connectivity index (χ2n) is 16.6. The van der Waals surface area contributed by atoms with Crippen molar-refractivity contribution in [3.8, 4) is 0 Å². The monoisotopic (exact) mass is 727 g/mol. The summed E-state index contributed by atoms with van der Waals surface area (Å²) in [5, 5.41) is 28.9. The van der Waals surface area contributed by atoms with Gasteiger partial charge >= 0.3 is 23.9 Å². The number of nitrogens with one attached hydrogen (secondary N) is 1. The van der Waals surface area contributed by atoms with Gasteiger partial charge in [-0.05, 0) is 71.9 Å². The molecule has 0 radical (unpaired) electrons. The summed E-state index contributed by atoms with van der Waals surface area (Å²) in [5.74, 6) is -5.16. The number of benzene rings is 1. The number of ether oxygens (including phenoxy) is 5. The van der Waals surface area contributed by atoms with E-state index in [4.69, 9.17) is 23.7 Å². The first kappa shape index (κ1) is 39.6. The predicted octanol–water partition coefficient (Wildman–Crippen LogP) is 3.23. The van der Waals surface area contributed by atoms with E-state index in [-0.39, 0.29) is 30.6 Å². The number of hydrogen-bond acceptors (Lipinski definition) is 13. The summed E-state index contributed by atoms with van der Waals surface area (Å²) < 4.78 is 30.4. The Morgan fingerprint density at radius 2 is 1.58 bits per heavy atom. The first-order chi connectivity index (χ1) is 23.9. The average Bonchev–Trinajstić information content (AvgIpc) is 3.05. The number of carbonyl (C=O) groups is 5. The van der Waals surface area contributed by atoms with Crippen molar-refractivity contribution in [2.24, 2.45) is 22.2 Å². The van der Waals surface area contributed by atoms with Gasteiger partial charge in [-0.3, -0.25) is 19.2 Å². The maximum atomic E-state index is 15.2. The Labute approximate surface area is 304 Å². The van der Waals surface area contributed by atoms with Crippen molar-refractivity contribution in [1.29, 1.82) is 0 Å². The lowest BCUT2D eigenvalue weighted by molar-refractivity contribution is -0.346. The number of aliphatic hydroxyl groups excluding tert-OH is 1. The highest BCUT2D eigenvalue weighted by molar-refractivity contribution is 5.94. The number of rotatable bonds is 8. The Hall–Kier alpha value is -3.65. The Morgan fingerprint density at radius 3 is 2.10 bits per heavy atom. The van der Waals surface area contributed by atoms with Crippen molar-refractivity contribution in [2.75, 3.05) is 13.7 Å². The fourth-order valence-corrected chi connectivity index (χ4v) is 8.97. The molecule has 2 bridgehead atoms. The van der Waals surface area contributed by atoms with Crippen LogP contribution >= 0.6 is 0 Å². The first-order valence-electron chi connectivity index (χ1n) is 17.7. The van der Waals surface area contributed by atoms with Gasteiger partial charge in [-0.25, -0.2) is 4.79 Å². The molecule has 0 aromatic heterocycles. The number of Topliss-reactive ketones (excluding diaryl/α,β-unsaturated/α-hetero) is 1. The Bertz CT molecular complexity index is 1680. The van der Waals surface area contributed by atoms with Gasteiger partial charge in [0.05, 0.1) is 28.9 Å². The zero-order chi connectivity index (χ0) is 39.0. The minimum absolute atomic E-state index is 0.0743. The Kier molecular flexibility index (Phi) is 9.91. The minimum atomic E-state index is -2.21. The highest BCUT2D eigenvalue weighted by Crippen LogP contribution is 2.64. The van der Waals surface area contributed by atoms with Crippen molar-refractivity contribution in [2.45, 2.75) is 129 Å². The van der Waals surface area contributed by atoms with E-state index in [9.17, 15) is 29.4 Å². The van der Waals surface area contributed by atoms with Gasteiger partial charge in [0, 0.05) is 37.6 Å². The van der Waals surface area contributed by atoms with E-state index in [0.29, 0.717) is 5.57 Å². The van der Waals surface area contributed by atoms with Crippen molar-refractivity contribution in [1.82, 2.24) is 5.32 Å². The summed E-state index contributed by atoms with van der Waals surface area (Å²) in [6.07, 6.45) is -7.41. The van der Waals surface area contributed by atoms with Crippen LogP contribution in [0, 0.1) is 22.2 Å². The molecule has 1 saturated heterocycles. The Balaban J connectivity index is 1.81. The maximum Gasteiger partial charge on any atom is 0.338 e. The second-order valence-corrected chi connectivity index (χ2v) is 16.6. The molecule has 2 saturated carbocycles. The van der Waals surface area contributed by atoms with E-state index in [2.05, 4.69) is 5.32 Å². The van der Waals surface area contributed by atoms with E-state index in [1.54, 1.807) is 59.9 Å². The molecule has 3 N–H and O–H groups in total. The number of fused-ring (bicyclic) bond motifs is 5. The van der Waals surface area contributed by atoms with Crippen LogP contribution in [0.4, 0.5) is 0 Å². The van der Waals surface area contributed by atoms with E-state index in [1.807, 2.05) is 13.8 Å². The summed E-state index contributed by atoms with van der Waals surface area (Å²) in [7, 11) is 1.72. The van der Waals surface area contributed by atoms with Gasteiger partial charge in [0.1, 0.15) is 36.1 Å². The van der Waals surface area contributed by atoms with Gasteiger partial charge in [-0.2, -0.15) is 0 Å². The SMILES string of the molecule is CNC(C)(C)C(C)(C)C(=O)OC1C[C@@]2(O)[C@@H](OC(=O)c3ccccc3)C3[C@](C)(C(=O)[C@H](O)C(=C1C)C2(C)C)[C@@H](OC(C)=O)C[C@H]1OC[C@@]31OC(C)=O. The molecule has 4 aliphatic rings. The molecule has 3 aliphatic carbocycles. The van der Waals surface area contributed by atoms with E-state index < -0.39 is 99.1 Å². The third kappa shape index (κ3) is 5.70. The fraction of sp³-hybridized carbons (Fsp3) is 0.667. The lowest BCUT2D eigenvalue weighted by Gasteiger charge is -2.67. The van der Waals surface area contributed by atoms with E-state index in [1.165, 1.54) is 32.9 Å². The van der Waals surface area contributed by atoms with Crippen LogP contribution in [-0.2, 0) is 42.9 Å². The van der Waals surface area contributed by atoms with Crippen LogP contribution in [0.5, 0.6) is 0 Å². The van der Waals surface area contributed by atoms with Crippen molar-refractivity contribution in [3.63, 3.8) is 0 Å². The zero-order valence-corrected chi connectivity index (χ0v) is 31.9. The van der Waals surface area contributed by atoms with E-state index >= 15 is 4.79 Å². The standard InChI is InChI=1S/C39H53NO12/c1-20-24(50-33(46)35(6,7)36(8,9)40-11)18-39(47)31(51-32(45)23-15-13-12-14-16-23)29-37(10,30(44)28(43)27(20)34(39,4)5)25(49-21(2)41)17-26-38(29,19-48-26)52-22(3)42/h12-16,24-26,28-29,31,40,43,47H,17-19H2,1-11H3/t24?,25-,26+,28+,29?,31-,37+,38-,39+/m0/s1. The Morgan fingerprint density at radius 1 is 0.962 bits per heavy atom. The van der Waals surface area contributed by atoms with Gasteiger partial charge in [-0.15, -0.1) is 0 Å². The summed E-state index contributed by atoms with van der Waals surface area (Å²) in [6.45, 7) is 15.6. The minimum Gasteiger partial charge on any atom is -0.461 e. The number of ketones is 1. The molecule has 13 nitrogen and oxygen atoms in total. The van der Waals surface area contributed by atoms with Gasteiger partial charge in [0.2, 0.25) is 0 Å². The first-order valence-corrected chi connectivity index (χ1v) is 17.7.